The first kappa shape index (κ1) is 31.9. The van der Waals surface area contributed by atoms with Crippen LogP contribution in [-0.4, -0.2) is 40.0 Å². The highest BCUT2D eigenvalue weighted by molar-refractivity contribution is 5.99. The summed E-state index contributed by atoms with van der Waals surface area (Å²) in [7, 11) is 0. The largest absolute Gasteiger partial charge is 0.444 e. The van der Waals surface area contributed by atoms with Gasteiger partial charge >= 0.3 is 6.09 Å². The zero-order chi connectivity index (χ0) is 29.5. The fourth-order valence-corrected chi connectivity index (χ4v) is 4.31. The molecule has 0 aromatic heterocycles. The van der Waals surface area contributed by atoms with Crippen LogP contribution in [0.4, 0.5) is 10.5 Å². The molecule has 2 N–H and O–H groups in total. The molecule has 214 valence electrons. The van der Waals surface area contributed by atoms with Gasteiger partial charge in [-0.1, -0.05) is 70.2 Å². The van der Waals surface area contributed by atoms with Crippen LogP contribution < -0.4 is 10.6 Å². The van der Waals surface area contributed by atoms with Gasteiger partial charge in [-0.2, -0.15) is 0 Å². The van der Waals surface area contributed by atoms with E-state index in [4.69, 9.17) is 4.74 Å². The summed E-state index contributed by atoms with van der Waals surface area (Å²) in [6.45, 7) is 19.0. The van der Waals surface area contributed by atoms with Crippen molar-refractivity contribution in [1.82, 2.24) is 10.2 Å². The van der Waals surface area contributed by atoms with Gasteiger partial charge in [0.2, 0.25) is 5.91 Å². The summed E-state index contributed by atoms with van der Waals surface area (Å²) in [6.07, 6.45) is 0.785. The average Bonchev–Trinajstić information content (AvgIpc) is 2.85. The van der Waals surface area contributed by atoms with Crippen molar-refractivity contribution >= 4 is 23.6 Å². The molecule has 0 bridgehead atoms. The van der Waals surface area contributed by atoms with Crippen LogP contribution in [0.1, 0.15) is 91.5 Å². The molecule has 2 atom stereocenters. The lowest BCUT2D eigenvalue weighted by atomic mass is 9.90. The minimum absolute atomic E-state index is 0.247. The van der Waals surface area contributed by atoms with Gasteiger partial charge in [0.25, 0.3) is 5.91 Å². The Morgan fingerprint density at radius 3 is 2.00 bits per heavy atom. The number of ether oxygens (including phenoxy) is 1. The maximum Gasteiger partial charge on any atom is 0.408 e. The summed E-state index contributed by atoms with van der Waals surface area (Å²) in [5.74, 6) is -0.905. The van der Waals surface area contributed by atoms with E-state index in [0.29, 0.717) is 17.7 Å². The Hall–Kier alpha value is -3.35. The van der Waals surface area contributed by atoms with Gasteiger partial charge in [0.15, 0.2) is 0 Å². The standard InChI is InChI=1S/C32H47N3O4/c1-11-23-17-19-24(20-18-23)27(28(36)33-25-16-14-13-15-22(25)5)35(32(9,10)12-2)29(37)26(21(3)4)34-30(38)39-31(6,7)8/h13-21,26-27H,11-12H2,1-10H3,(H,33,36)(H,34,38). The highest BCUT2D eigenvalue weighted by atomic mass is 16.6. The molecule has 0 heterocycles. The van der Waals surface area contributed by atoms with Crippen molar-refractivity contribution < 1.29 is 19.1 Å². The van der Waals surface area contributed by atoms with Gasteiger partial charge in [-0.15, -0.1) is 0 Å². The zero-order valence-electron chi connectivity index (χ0n) is 25.3. The van der Waals surface area contributed by atoms with Crippen molar-refractivity contribution in [1.29, 1.82) is 0 Å². The van der Waals surface area contributed by atoms with Gasteiger partial charge in [0.05, 0.1) is 0 Å². The Morgan fingerprint density at radius 2 is 1.51 bits per heavy atom. The van der Waals surface area contributed by atoms with E-state index in [1.54, 1.807) is 25.7 Å². The quantitative estimate of drug-likeness (QED) is 0.349. The van der Waals surface area contributed by atoms with E-state index in [-0.39, 0.29) is 17.7 Å². The van der Waals surface area contributed by atoms with E-state index in [2.05, 4.69) is 17.6 Å². The molecular weight excluding hydrogens is 490 g/mol. The van der Waals surface area contributed by atoms with Crippen LogP contribution in [-0.2, 0) is 20.7 Å². The van der Waals surface area contributed by atoms with Gasteiger partial charge in [0.1, 0.15) is 17.7 Å². The third-order valence-corrected chi connectivity index (χ3v) is 6.97. The lowest BCUT2D eigenvalue weighted by Gasteiger charge is -2.45. The van der Waals surface area contributed by atoms with E-state index in [1.807, 2.05) is 90.1 Å². The number of aryl methyl sites for hydroxylation is 2. The van der Waals surface area contributed by atoms with E-state index >= 15 is 0 Å². The number of hydrogen-bond donors (Lipinski definition) is 2. The third kappa shape index (κ3) is 8.57. The second-order valence-corrected chi connectivity index (χ2v) is 12.0. The summed E-state index contributed by atoms with van der Waals surface area (Å²) in [5, 5.41) is 5.85. The van der Waals surface area contributed by atoms with E-state index < -0.39 is 29.3 Å². The molecule has 2 aromatic rings. The van der Waals surface area contributed by atoms with Crippen LogP contribution >= 0.6 is 0 Å². The van der Waals surface area contributed by atoms with E-state index in [1.165, 1.54) is 0 Å². The number of para-hydroxylation sites is 1. The van der Waals surface area contributed by atoms with Gasteiger partial charge in [-0.05, 0) is 83.1 Å². The fourth-order valence-electron chi connectivity index (χ4n) is 4.31. The third-order valence-electron chi connectivity index (χ3n) is 6.97. The van der Waals surface area contributed by atoms with Gasteiger partial charge < -0.3 is 20.3 Å². The molecule has 0 saturated heterocycles. The lowest BCUT2D eigenvalue weighted by molar-refractivity contribution is -0.148. The molecule has 0 aliphatic carbocycles. The number of anilines is 1. The molecule has 0 aliphatic heterocycles. The summed E-state index contributed by atoms with van der Waals surface area (Å²) < 4.78 is 5.47. The minimum atomic E-state index is -0.931. The Kier molecular flexibility index (Phi) is 10.7. The summed E-state index contributed by atoms with van der Waals surface area (Å²) >= 11 is 0. The number of carbonyl (C=O) groups excluding carboxylic acids is 3. The first-order chi connectivity index (χ1) is 18.1. The minimum Gasteiger partial charge on any atom is -0.444 e. The van der Waals surface area contributed by atoms with Gasteiger partial charge in [-0.25, -0.2) is 4.79 Å². The second-order valence-electron chi connectivity index (χ2n) is 12.0. The van der Waals surface area contributed by atoms with Crippen molar-refractivity contribution in [3.8, 4) is 0 Å². The van der Waals surface area contributed by atoms with Crippen LogP contribution in [0.2, 0.25) is 0 Å². The monoisotopic (exact) mass is 537 g/mol. The van der Waals surface area contributed by atoms with E-state index in [0.717, 1.165) is 17.5 Å². The molecule has 0 radical (unpaired) electrons. The fraction of sp³-hybridized carbons (Fsp3) is 0.531. The molecule has 3 amide bonds. The molecule has 0 saturated carbocycles. The maximum absolute atomic E-state index is 14.4. The molecule has 0 aliphatic rings. The molecule has 0 spiro atoms. The Labute approximate surface area is 234 Å². The van der Waals surface area contributed by atoms with Crippen LogP contribution in [0.25, 0.3) is 0 Å². The van der Waals surface area contributed by atoms with Crippen molar-refractivity contribution in [2.45, 2.75) is 105 Å². The normalized spacial score (nSPS) is 13.4. The smallest absolute Gasteiger partial charge is 0.408 e. The summed E-state index contributed by atoms with van der Waals surface area (Å²) in [5.41, 5.74) is 2.02. The van der Waals surface area contributed by atoms with Crippen molar-refractivity contribution in [2.24, 2.45) is 5.92 Å². The number of nitrogens with zero attached hydrogens (tertiary/aromatic N) is 1. The predicted octanol–water partition coefficient (Wildman–Crippen LogP) is 6.80. The number of amides is 3. The molecule has 7 nitrogen and oxygen atoms in total. The Morgan fingerprint density at radius 1 is 0.923 bits per heavy atom. The van der Waals surface area contributed by atoms with E-state index in [9.17, 15) is 14.4 Å². The van der Waals surface area contributed by atoms with Crippen LogP contribution in [0.5, 0.6) is 0 Å². The highest BCUT2D eigenvalue weighted by Gasteiger charge is 2.44. The molecule has 2 unspecified atom stereocenters. The molecule has 2 rings (SSSR count). The second kappa shape index (κ2) is 13.1. The highest BCUT2D eigenvalue weighted by Crippen LogP contribution is 2.34. The molecule has 39 heavy (non-hydrogen) atoms. The zero-order valence-corrected chi connectivity index (χ0v) is 25.3. The first-order valence-electron chi connectivity index (χ1n) is 13.9. The molecule has 2 aromatic carbocycles. The first-order valence-corrected chi connectivity index (χ1v) is 13.9. The van der Waals surface area contributed by atoms with Crippen LogP contribution in [0.15, 0.2) is 48.5 Å². The van der Waals surface area contributed by atoms with Crippen molar-refractivity contribution in [2.75, 3.05) is 5.32 Å². The number of rotatable bonds is 10. The number of benzene rings is 2. The molecule has 7 heteroatoms. The van der Waals surface area contributed by atoms with Gasteiger partial charge in [0, 0.05) is 11.2 Å². The Balaban J connectivity index is 2.64. The summed E-state index contributed by atoms with van der Waals surface area (Å²) in [4.78, 5) is 42.9. The number of carbonyl (C=O) groups is 3. The van der Waals surface area contributed by atoms with Crippen molar-refractivity contribution in [3.05, 3.63) is 65.2 Å². The lowest BCUT2D eigenvalue weighted by Crippen LogP contribution is -2.60. The Bertz CT molecular complexity index is 1130. The number of nitrogens with one attached hydrogen (secondary N) is 2. The average molecular weight is 538 g/mol. The molecule has 0 fully saturated rings. The number of alkyl carbamates (subject to hydrolysis) is 1. The van der Waals surface area contributed by atoms with Crippen LogP contribution in [0, 0.1) is 12.8 Å². The number of hydrogen-bond acceptors (Lipinski definition) is 4. The maximum atomic E-state index is 14.4. The summed E-state index contributed by atoms with van der Waals surface area (Å²) in [6, 6.07) is 13.5. The van der Waals surface area contributed by atoms with Crippen LogP contribution in [0.3, 0.4) is 0 Å². The van der Waals surface area contributed by atoms with Gasteiger partial charge in [-0.3, -0.25) is 9.59 Å². The molecular formula is C32H47N3O4. The van der Waals surface area contributed by atoms with Crippen molar-refractivity contribution in [3.63, 3.8) is 0 Å². The predicted molar refractivity (Wildman–Crippen MR) is 158 cm³/mol. The SMILES string of the molecule is CCc1ccc(C(C(=O)Nc2ccccc2C)N(C(=O)C(NC(=O)OC(C)(C)C)C(C)C)C(C)(C)CC)cc1. The topological polar surface area (TPSA) is 87.7 Å².